The van der Waals surface area contributed by atoms with Gasteiger partial charge in [0.1, 0.15) is 0 Å². The van der Waals surface area contributed by atoms with E-state index in [-0.39, 0.29) is 11.9 Å². The van der Waals surface area contributed by atoms with Crippen molar-refractivity contribution >= 4 is 11.9 Å². The van der Waals surface area contributed by atoms with Crippen LogP contribution in [0.3, 0.4) is 0 Å². The molecule has 1 N–H and O–H groups in total. The molecule has 0 aliphatic carbocycles. The number of ether oxygens (including phenoxy) is 2. The molecule has 1 aromatic rings. The quantitative estimate of drug-likeness (QED) is 0.659. The van der Waals surface area contributed by atoms with Crippen molar-refractivity contribution in [3.8, 4) is 0 Å². The Labute approximate surface area is 137 Å². The Kier molecular flexibility index (Phi) is 7.03. The first-order chi connectivity index (χ1) is 11.2. The summed E-state index contributed by atoms with van der Waals surface area (Å²) in [5, 5.41) is 2.76. The summed E-state index contributed by atoms with van der Waals surface area (Å²) in [5.41, 5.74) is 1.56. The molecular formula is C17H25N3O3. The Morgan fingerprint density at radius 3 is 2.78 bits per heavy atom. The van der Waals surface area contributed by atoms with Gasteiger partial charge in [-0.05, 0) is 25.5 Å². The summed E-state index contributed by atoms with van der Waals surface area (Å²) in [6.07, 6.45) is 0. The van der Waals surface area contributed by atoms with Crippen LogP contribution in [0.25, 0.3) is 0 Å². The van der Waals surface area contributed by atoms with Crippen LogP contribution in [0.1, 0.15) is 22.8 Å². The predicted octanol–water partition coefficient (Wildman–Crippen LogP) is 1.45. The number of morpholine rings is 1. The number of aliphatic imine (C=N–C) groups is 1. The van der Waals surface area contributed by atoms with Gasteiger partial charge in [-0.2, -0.15) is 0 Å². The molecule has 6 nitrogen and oxygen atoms in total. The highest BCUT2D eigenvalue weighted by Crippen LogP contribution is 2.06. The lowest BCUT2D eigenvalue weighted by Crippen LogP contribution is -2.38. The first-order valence-electron chi connectivity index (χ1n) is 8.05. The second-order valence-corrected chi connectivity index (χ2v) is 5.34. The summed E-state index contributed by atoms with van der Waals surface area (Å²) < 4.78 is 10.8. The molecule has 2 rings (SSSR count). The minimum atomic E-state index is -0.193. The molecule has 0 radical (unpaired) electrons. The number of amides is 1. The molecule has 0 atom stereocenters. The molecule has 0 bridgehead atoms. The van der Waals surface area contributed by atoms with Crippen LogP contribution >= 0.6 is 0 Å². The van der Waals surface area contributed by atoms with E-state index >= 15 is 0 Å². The molecule has 1 aliphatic heterocycles. The van der Waals surface area contributed by atoms with Crippen molar-refractivity contribution in [1.29, 1.82) is 0 Å². The molecule has 1 amide bonds. The smallest absolute Gasteiger partial charge is 0.291 e. The van der Waals surface area contributed by atoms with Crippen LogP contribution in [0.2, 0.25) is 0 Å². The SMILES string of the molecule is CCOC(=NCCN1CCOCC1)NC(=O)c1ccccc1C. The zero-order chi connectivity index (χ0) is 16.5. The van der Waals surface area contributed by atoms with Gasteiger partial charge in [-0.15, -0.1) is 0 Å². The standard InChI is InChI=1S/C17H25N3O3/c1-3-23-17(18-8-9-20-10-12-22-13-11-20)19-16(21)15-7-5-4-6-14(15)2/h4-7H,3,8-13H2,1-2H3,(H,18,19,21). The molecular weight excluding hydrogens is 294 g/mol. The molecule has 1 aromatic carbocycles. The third kappa shape index (κ3) is 5.65. The van der Waals surface area contributed by atoms with Crippen molar-refractivity contribution in [2.45, 2.75) is 13.8 Å². The molecule has 0 spiro atoms. The highest BCUT2D eigenvalue weighted by atomic mass is 16.5. The first-order valence-corrected chi connectivity index (χ1v) is 8.05. The van der Waals surface area contributed by atoms with Gasteiger partial charge in [0.15, 0.2) is 0 Å². The third-order valence-electron chi connectivity index (χ3n) is 3.67. The highest BCUT2D eigenvalue weighted by Gasteiger charge is 2.13. The Bertz CT molecular complexity index is 540. The van der Waals surface area contributed by atoms with E-state index in [9.17, 15) is 4.79 Å². The molecule has 6 heteroatoms. The van der Waals surface area contributed by atoms with Gasteiger partial charge >= 0.3 is 0 Å². The number of hydrogen-bond acceptors (Lipinski definition) is 5. The van der Waals surface area contributed by atoms with Gasteiger partial charge in [-0.1, -0.05) is 18.2 Å². The van der Waals surface area contributed by atoms with E-state index in [0.29, 0.717) is 18.7 Å². The molecule has 1 heterocycles. The fourth-order valence-electron chi connectivity index (χ4n) is 2.37. The molecule has 23 heavy (non-hydrogen) atoms. The maximum absolute atomic E-state index is 12.3. The average molecular weight is 319 g/mol. The van der Waals surface area contributed by atoms with Crippen LogP contribution < -0.4 is 5.32 Å². The summed E-state index contributed by atoms with van der Waals surface area (Å²) in [6.45, 7) is 9.05. The van der Waals surface area contributed by atoms with Crippen molar-refractivity contribution in [3.05, 3.63) is 35.4 Å². The summed E-state index contributed by atoms with van der Waals surface area (Å²) in [4.78, 5) is 19.0. The Hall–Kier alpha value is -1.92. The van der Waals surface area contributed by atoms with E-state index in [1.807, 2.05) is 32.0 Å². The highest BCUT2D eigenvalue weighted by molar-refractivity contribution is 6.04. The molecule has 1 fully saturated rings. The van der Waals surface area contributed by atoms with E-state index in [1.54, 1.807) is 6.07 Å². The van der Waals surface area contributed by atoms with Gasteiger partial charge in [0.25, 0.3) is 11.9 Å². The number of carbonyl (C=O) groups excluding carboxylic acids is 1. The number of nitrogens with one attached hydrogen (secondary N) is 1. The molecule has 1 saturated heterocycles. The summed E-state index contributed by atoms with van der Waals surface area (Å²) in [5.74, 6) is -0.193. The zero-order valence-corrected chi connectivity index (χ0v) is 13.9. The number of nitrogens with zero attached hydrogens (tertiary/aromatic N) is 2. The number of hydrogen-bond donors (Lipinski definition) is 1. The monoisotopic (exact) mass is 319 g/mol. The number of benzene rings is 1. The molecule has 1 aliphatic rings. The van der Waals surface area contributed by atoms with Crippen LogP contribution in [0.5, 0.6) is 0 Å². The number of aryl methyl sites for hydroxylation is 1. The van der Waals surface area contributed by atoms with Crippen molar-refractivity contribution in [2.75, 3.05) is 46.0 Å². The summed E-state index contributed by atoms with van der Waals surface area (Å²) in [7, 11) is 0. The van der Waals surface area contributed by atoms with Gasteiger partial charge in [-0.3, -0.25) is 15.0 Å². The Morgan fingerprint density at radius 2 is 2.09 bits per heavy atom. The van der Waals surface area contributed by atoms with E-state index in [1.165, 1.54) is 0 Å². The van der Waals surface area contributed by atoms with Crippen LogP contribution in [0.4, 0.5) is 0 Å². The van der Waals surface area contributed by atoms with Crippen LogP contribution in [-0.4, -0.2) is 62.8 Å². The topological polar surface area (TPSA) is 63.2 Å². The largest absolute Gasteiger partial charge is 0.465 e. The lowest BCUT2D eigenvalue weighted by atomic mass is 10.1. The third-order valence-corrected chi connectivity index (χ3v) is 3.67. The zero-order valence-electron chi connectivity index (χ0n) is 13.9. The number of rotatable bonds is 5. The van der Waals surface area contributed by atoms with Crippen LogP contribution in [-0.2, 0) is 9.47 Å². The minimum Gasteiger partial charge on any atom is -0.465 e. The molecule has 0 unspecified atom stereocenters. The lowest BCUT2D eigenvalue weighted by Gasteiger charge is -2.25. The van der Waals surface area contributed by atoms with Crippen molar-refractivity contribution in [3.63, 3.8) is 0 Å². The van der Waals surface area contributed by atoms with Gasteiger partial charge in [0.05, 0.1) is 26.4 Å². The predicted molar refractivity (Wildman–Crippen MR) is 89.8 cm³/mol. The first kappa shape index (κ1) is 17.4. The van der Waals surface area contributed by atoms with Crippen molar-refractivity contribution < 1.29 is 14.3 Å². The maximum atomic E-state index is 12.3. The second-order valence-electron chi connectivity index (χ2n) is 5.34. The van der Waals surface area contributed by atoms with Gasteiger partial charge in [0.2, 0.25) is 0 Å². The Balaban J connectivity index is 1.90. The second kappa shape index (κ2) is 9.27. The normalized spacial score (nSPS) is 16.2. The van der Waals surface area contributed by atoms with E-state index < -0.39 is 0 Å². The molecule has 0 saturated carbocycles. The number of carbonyl (C=O) groups is 1. The molecule has 126 valence electrons. The van der Waals surface area contributed by atoms with Crippen LogP contribution in [0.15, 0.2) is 29.3 Å². The summed E-state index contributed by atoms with van der Waals surface area (Å²) in [6, 6.07) is 7.74. The maximum Gasteiger partial charge on any atom is 0.291 e. The van der Waals surface area contributed by atoms with Gasteiger partial charge in [0, 0.05) is 25.2 Å². The lowest BCUT2D eigenvalue weighted by molar-refractivity contribution is 0.0394. The summed E-state index contributed by atoms with van der Waals surface area (Å²) >= 11 is 0. The van der Waals surface area contributed by atoms with Gasteiger partial charge in [-0.25, -0.2) is 4.99 Å². The van der Waals surface area contributed by atoms with E-state index in [0.717, 1.165) is 38.4 Å². The van der Waals surface area contributed by atoms with Crippen LogP contribution in [0, 0.1) is 6.92 Å². The fraction of sp³-hybridized carbons (Fsp3) is 0.529. The van der Waals surface area contributed by atoms with E-state index in [4.69, 9.17) is 9.47 Å². The van der Waals surface area contributed by atoms with E-state index in [2.05, 4.69) is 15.2 Å². The molecule has 0 aromatic heterocycles. The Morgan fingerprint density at radius 1 is 1.35 bits per heavy atom. The van der Waals surface area contributed by atoms with Crippen molar-refractivity contribution in [2.24, 2.45) is 4.99 Å². The van der Waals surface area contributed by atoms with Crippen molar-refractivity contribution in [1.82, 2.24) is 10.2 Å². The fourth-order valence-corrected chi connectivity index (χ4v) is 2.37. The van der Waals surface area contributed by atoms with Gasteiger partial charge < -0.3 is 9.47 Å². The minimum absolute atomic E-state index is 0.193. The average Bonchev–Trinajstić information content (AvgIpc) is 2.56. The number of amidine groups is 1.